The van der Waals surface area contributed by atoms with Gasteiger partial charge in [-0.3, -0.25) is 0 Å². The Kier molecular flexibility index (Phi) is 2.43. The van der Waals surface area contributed by atoms with Crippen molar-refractivity contribution in [2.75, 3.05) is 0 Å². The Hall–Kier alpha value is -0.650. The minimum absolute atomic E-state index is 0.315. The van der Waals surface area contributed by atoms with Crippen molar-refractivity contribution in [3.05, 3.63) is 29.8 Å². The summed E-state index contributed by atoms with van der Waals surface area (Å²) in [5.41, 5.74) is 0. The maximum Gasteiger partial charge on any atom is 0.212 e. The fourth-order valence-electron chi connectivity index (χ4n) is 0.631. The van der Waals surface area contributed by atoms with Crippen molar-refractivity contribution in [3.63, 3.8) is 0 Å². The van der Waals surface area contributed by atoms with Crippen LogP contribution in [0.1, 0.15) is 0 Å². The summed E-state index contributed by atoms with van der Waals surface area (Å²) < 4.78 is 35.4. The second kappa shape index (κ2) is 3.17. The summed E-state index contributed by atoms with van der Waals surface area (Å²) in [4.78, 5) is -0.315. The summed E-state index contributed by atoms with van der Waals surface area (Å²) in [5.74, 6) is -1.41. The molecule has 1 unspecified atom stereocenters. The zero-order valence-corrected chi connectivity index (χ0v) is 6.20. The molecule has 0 aliphatic heterocycles. The Morgan fingerprint density at radius 3 is 2.45 bits per heavy atom. The summed E-state index contributed by atoms with van der Waals surface area (Å²) in [5, 5.41) is 4.85. The predicted octanol–water partition coefficient (Wildman–Crippen LogP) is 0.946. The van der Waals surface area contributed by atoms with Crippen molar-refractivity contribution in [2.24, 2.45) is 5.14 Å². The zero-order valence-electron chi connectivity index (χ0n) is 5.38. The smallest absolute Gasteiger partial charge is 0.212 e. The second-order valence-corrected chi connectivity index (χ2v) is 2.91. The van der Waals surface area contributed by atoms with Crippen molar-refractivity contribution in [1.29, 1.82) is 0 Å². The third-order valence-electron chi connectivity index (χ3n) is 1.11. The van der Waals surface area contributed by atoms with E-state index >= 15 is 0 Å². The van der Waals surface area contributed by atoms with E-state index in [2.05, 4.69) is 0 Å². The standard InChI is InChI=1S/C6H5F2NOS/c7-4-1-2-5(8)6(3-4)11(9)10/h1-3H,9H2. The largest absolute Gasteiger partial charge is 0.593 e. The lowest BCUT2D eigenvalue weighted by Gasteiger charge is -2.02. The van der Waals surface area contributed by atoms with Crippen LogP contribution in [0, 0.1) is 11.6 Å². The number of nitrogens with two attached hydrogens (primary N) is 1. The Labute approximate surface area is 65.3 Å². The molecule has 0 aliphatic carbocycles. The highest BCUT2D eigenvalue weighted by Crippen LogP contribution is 2.13. The van der Waals surface area contributed by atoms with Gasteiger partial charge in [-0.25, -0.2) is 8.78 Å². The summed E-state index contributed by atoms with van der Waals surface area (Å²) in [7, 11) is 0. The molecule has 1 atom stereocenters. The number of hydrogen-bond donors (Lipinski definition) is 1. The lowest BCUT2D eigenvalue weighted by atomic mass is 10.3. The summed E-state index contributed by atoms with van der Waals surface area (Å²) >= 11 is -1.97. The van der Waals surface area contributed by atoms with Crippen LogP contribution < -0.4 is 5.14 Å². The van der Waals surface area contributed by atoms with Crippen LogP contribution in [0.4, 0.5) is 8.78 Å². The van der Waals surface area contributed by atoms with Crippen LogP contribution in [0.2, 0.25) is 0 Å². The van der Waals surface area contributed by atoms with Gasteiger partial charge in [0.25, 0.3) is 0 Å². The first kappa shape index (κ1) is 8.45. The molecule has 0 aliphatic rings. The topological polar surface area (TPSA) is 49.1 Å². The van der Waals surface area contributed by atoms with Gasteiger partial charge in [0.15, 0.2) is 5.82 Å². The Bertz CT molecular complexity index is 267. The van der Waals surface area contributed by atoms with Crippen LogP contribution >= 0.6 is 0 Å². The molecule has 1 aromatic carbocycles. The van der Waals surface area contributed by atoms with Crippen molar-refractivity contribution >= 4 is 11.4 Å². The van der Waals surface area contributed by atoms with E-state index in [1.54, 1.807) is 0 Å². The lowest BCUT2D eigenvalue weighted by Crippen LogP contribution is -2.14. The van der Waals surface area contributed by atoms with Gasteiger partial charge in [-0.2, -0.15) is 0 Å². The highest BCUT2D eigenvalue weighted by molar-refractivity contribution is 7.89. The minimum atomic E-state index is -1.97. The van der Waals surface area contributed by atoms with E-state index < -0.39 is 23.0 Å². The average molecular weight is 177 g/mol. The molecule has 0 saturated heterocycles. The van der Waals surface area contributed by atoms with Crippen molar-refractivity contribution in [2.45, 2.75) is 4.90 Å². The molecular weight excluding hydrogens is 172 g/mol. The van der Waals surface area contributed by atoms with Gasteiger partial charge in [0.1, 0.15) is 5.82 Å². The highest BCUT2D eigenvalue weighted by atomic mass is 32.2. The maximum absolute atomic E-state index is 12.6. The number of rotatable bonds is 1. The molecule has 0 bridgehead atoms. The van der Waals surface area contributed by atoms with E-state index in [1.807, 2.05) is 0 Å². The first-order valence-corrected chi connectivity index (χ1v) is 3.94. The Morgan fingerprint density at radius 2 is 2.00 bits per heavy atom. The lowest BCUT2D eigenvalue weighted by molar-refractivity contribution is 0.553. The molecule has 2 N–H and O–H groups in total. The molecule has 0 saturated carbocycles. The van der Waals surface area contributed by atoms with Gasteiger partial charge in [-0.05, 0) is 12.1 Å². The van der Waals surface area contributed by atoms with Crippen LogP contribution in [0.5, 0.6) is 0 Å². The SMILES string of the molecule is N[S+]([O-])c1cc(F)ccc1F. The minimum Gasteiger partial charge on any atom is -0.593 e. The van der Waals surface area contributed by atoms with Gasteiger partial charge in [-0.15, -0.1) is 5.14 Å². The van der Waals surface area contributed by atoms with Gasteiger partial charge in [-0.1, -0.05) is 0 Å². The molecule has 0 spiro atoms. The molecule has 1 aromatic rings. The van der Waals surface area contributed by atoms with E-state index in [9.17, 15) is 13.3 Å². The number of benzene rings is 1. The van der Waals surface area contributed by atoms with Crippen LogP contribution in [0.25, 0.3) is 0 Å². The quantitative estimate of drug-likeness (QED) is 0.649. The van der Waals surface area contributed by atoms with E-state index in [4.69, 9.17) is 5.14 Å². The van der Waals surface area contributed by atoms with E-state index in [0.717, 1.165) is 18.2 Å². The molecule has 1 rings (SSSR count). The average Bonchev–Trinajstić information content (AvgIpc) is 1.94. The third-order valence-corrected chi connectivity index (χ3v) is 1.86. The maximum atomic E-state index is 12.6. The zero-order chi connectivity index (χ0) is 8.43. The summed E-state index contributed by atoms with van der Waals surface area (Å²) in [6.45, 7) is 0. The molecular formula is C6H5F2NOS. The Balaban J connectivity index is 3.13. The van der Waals surface area contributed by atoms with E-state index in [0.29, 0.717) is 0 Å². The number of halogens is 2. The molecule has 5 heteroatoms. The Morgan fingerprint density at radius 1 is 1.36 bits per heavy atom. The summed E-state index contributed by atoms with van der Waals surface area (Å²) in [6, 6.07) is 2.63. The number of hydrogen-bond acceptors (Lipinski definition) is 2. The fraction of sp³-hybridized carbons (Fsp3) is 0. The van der Waals surface area contributed by atoms with Gasteiger partial charge >= 0.3 is 0 Å². The predicted molar refractivity (Wildman–Crippen MR) is 37.0 cm³/mol. The second-order valence-electron chi connectivity index (χ2n) is 1.87. The first-order valence-electron chi connectivity index (χ1n) is 2.72. The molecule has 0 fully saturated rings. The van der Waals surface area contributed by atoms with Crippen LogP contribution in [-0.4, -0.2) is 4.55 Å². The molecule has 0 heterocycles. The molecule has 0 aromatic heterocycles. The highest BCUT2D eigenvalue weighted by Gasteiger charge is 2.13. The van der Waals surface area contributed by atoms with E-state index in [1.165, 1.54) is 0 Å². The first-order chi connectivity index (χ1) is 5.11. The molecule has 0 radical (unpaired) electrons. The molecule has 11 heavy (non-hydrogen) atoms. The van der Waals surface area contributed by atoms with Crippen LogP contribution in [0.3, 0.4) is 0 Å². The van der Waals surface area contributed by atoms with Gasteiger partial charge < -0.3 is 4.55 Å². The van der Waals surface area contributed by atoms with Crippen molar-refractivity contribution in [1.82, 2.24) is 0 Å². The third kappa shape index (κ3) is 1.89. The van der Waals surface area contributed by atoms with Gasteiger partial charge in [0, 0.05) is 6.07 Å². The van der Waals surface area contributed by atoms with E-state index in [-0.39, 0.29) is 4.90 Å². The monoisotopic (exact) mass is 177 g/mol. The molecule has 2 nitrogen and oxygen atoms in total. The van der Waals surface area contributed by atoms with Gasteiger partial charge in [0.2, 0.25) is 4.90 Å². The van der Waals surface area contributed by atoms with Crippen molar-refractivity contribution in [3.8, 4) is 0 Å². The fourth-order valence-corrected chi connectivity index (χ4v) is 1.12. The molecule has 0 amide bonds. The van der Waals surface area contributed by atoms with Crippen LogP contribution in [-0.2, 0) is 11.4 Å². The van der Waals surface area contributed by atoms with Crippen molar-refractivity contribution < 1.29 is 13.3 Å². The normalized spacial score (nSPS) is 13.1. The molecule has 60 valence electrons. The summed E-state index contributed by atoms with van der Waals surface area (Å²) in [6.07, 6.45) is 0. The van der Waals surface area contributed by atoms with Gasteiger partial charge in [0.05, 0.1) is 11.4 Å². The van der Waals surface area contributed by atoms with Crippen LogP contribution in [0.15, 0.2) is 23.1 Å².